The lowest BCUT2D eigenvalue weighted by Crippen LogP contribution is -2.12. The first kappa shape index (κ1) is 13.3. The summed E-state index contributed by atoms with van der Waals surface area (Å²) in [4.78, 5) is 0. The normalized spacial score (nSPS) is 11.5. The van der Waals surface area contributed by atoms with E-state index in [0.717, 1.165) is 18.4 Å². The Labute approximate surface area is 100 Å². The molecule has 0 radical (unpaired) electrons. The van der Waals surface area contributed by atoms with Crippen molar-refractivity contribution in [1.29, 1.82) is 0 Å². The molecule has 0 amide bonds. The molecule has 0 heterocycles. The summed E-state index contributed by atoms with van der Waals surface area (Å²) in [6.45, 7) is 2.53. The average Bonchev–Trinajstić information content (AvgIpc) is 2.31. The molecule has 0 aliphatic rings. The zero-order valence-electron chi connectivity index (χ0n) is 9.91. The summed E-state index contributed by atoms with van der Waals surface area (Å²) >= 11 is 0. The van der Waals surface area contributed by atoms with Crippen LogP contribution in [0.4, 0.5) is 10.1 Å². The summed E-state index contributed by atoms with van der Waals surface area (Å²) in [5.74, 6) is -0.00601. The zero-order chi connectivity index (χ0) is 12.7. The van der Waals surface area contributed by atoms with Crippen molar-refractivity contribution in [3.63, 3.8) is 0 Å². The van der Waals surface area contributed by atoms with Crippen LogP contribution in [0.2, 0.25) is 0 Å². The van der Waals surface area contributed by atoms with Gasteiger partial charge in [0.2, 0.25) is 0 Å². The highest BCUT2D eigenvalue weighted by atomic mass is 19.1. The van der Waals surface area contributed by atoms with Gasteiger partial charge in [0.15, 0.2) is 0 Å². The van der Waals surface area contributed by atoms with Crippen molar-refractivity contribution in [2.24, 2.45) is 10.9 Å². The van der Waals surface area contributed by atoms with Gasteiger partial charge in [-0.25, -0.2) is 4.39 Å². The van der Waals surface area contributed by atoms with E-state index in [1.54, 1.807) is 6.07 Å². The van der Waals surface area contributed by atoms with Crippen molar-refractivity contribution in [1.82, 2.24) is 0 Å². The number of nitrogens with zero attached hydrogens (tertiary/aromatic N) is 1. The van der Waals surface area contributed by atoms with Crippen molar-refractivity contribution in [3.05, 3.63) is 29.6 Å². The third-order valence-corrected chi connectivity index (χ3v) is 2.51. The number of benzene rings is 1. The van der Waals surface area contributed by atoms with Crippen molar-refractivity contribution in [2.75, 3.05) is 11.9 Å². The van der Waals surface area contributed by atoms with Crippen molar-refractivity contribution in [2.45, 2.75) is 26.2 Å². The van der Waals surface area contributed by atoms with E-state index in [1.807, 2.05) is 13.0 Å². The van der Waals surface area contributed by atoms with Crippen LogP contribution in [0, 0.1) is 12.7 Å². The predicted molar refractivity (Wildman–Crippen MR) is 66.9 cm³/mol. The maximum atomic E-state index is 13.4. The zero-order valence-corrected chi connectivity index (χ0v) is 9.91. The van der Waals surface area contributed by atoms with Crippen LogP contribution >= 0.6 is 0 Å². The van der Waals surface area contributed by atoms with Crippen LogP contribution in [-0.4, -0.2) is 17.6 Å². The molecule has 0 atom stereocenters. The molecule has 4 nitrogen and oxygen atoms in total. The number of unbranched alkanes of at least 4 members (excludes halogenated alkanes) is 1. The summed E-state index contributed by atoms with van der Waals surface area (Å²) in [5.41, 5.74) is 6.78. The van der Waals surface area contributed by atoms with Crippen LogP contribution in [0.15, 0.2) is 23.4 Å². The number of anilines is 1. The molecule has 0 aromatic heterocycles. The minimum Gasteiger partial charge on any atom is -0.409 e. The number of rotatable bonds is 6. The Morgan fingerprint density at radius 3 is 2.88 bits per heavy atom. The molecule has 1 aromatic carbocycles. The highest BCUT2D eigenvalue weighted by Gasteiger charge is 2.03. The van der Waals surface area contributed by atoms with E-state index in [9.17, 15) is 4.39 Å². The Morgan fingerprint density at radius 2 is 2.24 bits per heavy atom. The van der Waals surface area contributed by atoms with Gasteiger partial charge in [-0.1, -0.05) is 17.3 Å². The highest BCUT2D eigenvalue weighted by Crippen LogP contribution is 2.18. The summed E-state index contributed by atoms with van der Waals surface area (Å²) in [7, 11) is 0. The standard InChI is InChI=1S/C12H18FN3O/c1-9-5-4-6-10(13)12(9)15-8-3-2-7-11(14)16-17/h4-6,15,17H,2-3,7-8H2,1H3,(H2,14,16). The first-order valence-electron chi connectivity index (χ1n) is 5.60. The topological polar surface area (TPSA) is 70.6 Å². The number of hydrogen-bond acceptors (Lipinski definition) is 3. The van der Waals surface area contributed by atoms with Gasteiger partial charge in [-0.05, 0) is 31.4 Å². The third-order valence-electron chi connectivity index (χ3n) is 2.51. The molecule has 17 heavy (non-hydrogen) atoms. The molecule has 0 aliphatic carbocycles. The lowest BCUT2D eigenvalue weighted by molar-refractivity contribution is 0.316. The second-order valence-corrected chi connectivity index (χ2v) is 3.91. The van der Waals surface area contributed by atoms with E-state index in [2.05, 4.69) is 10.5 Å². The number of amidine groups is 1. The summed E-state index contributed by atoms with van der Waals surface area (Å²) in [6, 6.07) is 4.99. The molecule has 94 valence electrons. The Bertz CT molecular complexity index is 373. The van der Waals surface area contributed by atoms with Crippen molar-refractivity contribution in [3.8, 4) is 0 Å². The second-order valence-electron chi connectivity index (χ2n) is 3.91. The molecule has 0 bridgehead atoms. The lowest BCUT2D eigenvalue weighted by atomic mass is 10.2. The molecule has 0 saturated heterocycles. The molecule has 5 heteroatoms. The van der Waals surface area contributed by atoms with E-state index >= 15 is 0 Å². The SMILES string of the molecule is Cc1cccc(F)c1NCCCC/C(N)=N/O. The molecule has 0 saturated carbocycles. The largest absolute Gasteiger partial charge is 0.409 e. The third kappa shape index (κ3) is 4.30. The van der Waals surface area contributed by atoms with E-state index in [4.69, 9.17) is 10.9 Å². The van der Waals surface area contributed by atoms with Crippen molar-refractivity contribution < 1.29 is 9.60 Å². The fraction of sp³-hybridized carbons (Fsp3) is 0.417. The molecule has 4 N–H and O–H groups in total. The Hall–Kier alpha value is -1.78. The van der Waals surface area contributed by atoms with Gasteiger partial charge in [0, 0.05) is 13.0 Å². The van der Waals surface area contributed by atoms with Gasteiger partial charge in [-0.15, -0.1) is 0 Å². The lowest BCUT2D eigenvalue weighted by Gasteiger charge is -2.10. The summed E-state index contributed by atoms with van der Waals surface area (Å²) in [5, 5.41) is 14.3. The maximum absolute atomic E-state index is 13.4. The Morgan fingerprint density at radius 1 is 1.47 bits per heavy atom. The number of hydrogen-bond donors (Lipinski definition) is 3. The number of nitrogens with two attached hydrogens (primary N) is 1. The molecule has 0 fully saturated rings. The van der Waals surface area contributed by atoms with Crippen LogP contribution < -0.4 is 11.1 Å². The minimum atomic E-state index is -0.235. The number of oxime groups is 1. The van der Waals surface area contributed by atoms with Gasteiger partial charge in [-0.3, -0.25) is 0 Å². The number of aryl methyl sites for hydroxylation is 1. The first-order valence-corrected chi connectivity index (χ1v) is 5.60. The Kier molecular flexibility index (Phi) is 5.26. The molecular weight excluding hydrogens is 221 g/mol. The first-order chi connectivity index (χ1) is 8.15. The highest BCUT2D eigenvalue weighted by molar-refractivity contribution is 5.79. The van der Waals surface area contributed by atoms with E-state index in [1.165, 1.54) is 6.07 Å². The van der Waals surface area contributed by atoms with Crippen LogP contribution in [0.25, 0.3) is 0 Å². The molecule has 0 unspecified atom stereocenters. The molecule has 1 aromatic rings. The second kappa shape index (κ2) is 6.73. The van der Waals surface area contributed by atoms with Gasteiger partial charge in [0.05, 0.1) is 5.69 Å². The smallest absolute Gasteiger partial charge is 0.146 e. The number of para-hydroxylation sites is 1. The molecule has 0 spiro atoms. The monoisotopic (exact) mass is 239 g/mol. The van der Waals surface area contributed by atoms with Crippen LogP contribution in [0.1, 0.15) is 24.8 Å². The fourth-order valence-corrected chi connectivity index (χ4v) is 1.55. The predicted octanol–water partition coefficient (Wildman–Crippen LogP) is 2.46. The van der Waals surface area contributed by atoms with Crippen LogP contribution in [-0.2, 0) is 0 Å². The van der Waals surface area contributed by atoms with Crippen LogP contribution in [0.3, 0.4) is 0 Å². The summed E-state index contributed by atoms with van der Waals surface area (Å²) < 4.78 is 13.4. The quantitative estimate of drug-likeness (QED) is 0.235. The maximum Gasteiger partial charge on any atom is 0.146 e. The minimum absolute atomic E-state index is 0.229. The van der Waals surface area contributed by atoms with Crippen molar-refractivity contribution >= 4 is 11.5 Å². The Balaban J connectivity index is 2.32. The van der Waals surface area contributed by atoms with E-state index < -0.39 is 0 Å². The van der Waals surface area contributed by atoms with Gasteiger partial charge >= 0.3 is 0 Å². The van der Waals surface area contributed by atoms with E-state index in [-0.39, 0.29) is 11.7 Å². The molecule has 1 rings (SSSR count). The van der Waals surface area contributed by atoms with Gasteiger partial charge in [-0.2, -0.15) is 0 Å². The molecule has 0 aliphatic heterocycles. The van der Waals surface area contributed by atoms with Gasteiger partial charge < -0.3 is 16.3 Å². The number of halogens is 1. The van der Waals surface area contributed by atoms with Gasteiger partial charge in [0.1, 0.15) is 11.7 Å². The van der Waals surface area contributed by atoms with Crippen LogP contribution in [0.5, 0.6) is 0 Å². The number of nitrogens with one attached hydrogen (secondary N) is 1. The summed E-state index contributed by atoms with van der Waals surface area (Å²) in [6.07, 6.45) is 2.19. The average molecular weight is 239 g/mol. The molecular formula is C12H18FN3O. The fourth-order valence-electron chi connectivity index (χ4n) is 1.55. The van der Waals surface area contributed by atoms with Gasteiger partial charge in [0.25, 0.3) is 0 Å². The van der Waals surface area contributed by atoms with E-state index in [0.29, 0.717) is 18.7 Å².